The Morgan fingerprint density at radius 3 is 0.782 bits per heavy atom. The van der Waals surface area contributed by atoms with Crippen molar-refractivity contribution in [1.29, 1.82) is 0 Å². The molecule has 0 fully saturated rings. The number of aliphatic hydroxyl groups excluding tert-OH is 1. The van der Waals surface area contributed by atoms with E-state index in [4.69, 9.17) is 37.0 Å². The molecule has 2 unspecified atom stereocenters. The number of hydrogen-bond acceptors (Lipinski definition) is 15. The van der Waals surface area contributed by atoms with Crippen LogP contribution in [-0.4, -0.2) is 96.7 Å². The number of phosphoric ester groups is 2. The molecule has 0 spiro atoms. The molecule has 0 aromatic carbocycles. The van der Waals surface area contributed by atoms with E-state index in [1.165, 1.54) is 154 Å². The minimum atomic E-state index is -4.95. The van der Waals surface area contributed by atoms with Crippen LogP contribution >= 0.6 is 15.6 Å². The first kappa shape index (κ1) is 85.1. The summed E-state index contributed by atoms with van der Waals surface area (Å²) in [6.07, 6.45) is 44.8. The molecule has 0 saturated heterocycles. The molecule has 0 bridgehead atoms. The van der Waals surface area contributed by atoms with E-state index in [1.807, 2.05) is 0 Å². The van der Waals surface area contributed by atoms with Crippen molar-refractivity contribution in [2.75, 3.05) is 39.6 Å². The highest BCUT2D eigenvalue weighted by Crippen LogP contribution is 2.45. The van der Waals surface area contributed by atoms with Crippen LogP contribution in [-0.2, 0) is 65.4 Å². The van der Waals surface area contributed by atoms with Crippen LogP contribution in [0.2, 0.25) is 0 Å². The Morgan fingerprint density at radius 2 is 0.529 bits per heavy atom. The van der Waals surface area contributed by atoms with Gasteiger partial charge in [-0.1, -0.05) is 292 Å². The molecule has 0 aliphatic heterocycles. The van der Waals surface area contributed by atoms with Gasteiger partial charge in [0.05, 0.1) is 26.4 Å². The monoisotopic (exact) mass is 1280 g/mol. The first-order chi connectivity index (χ1) is 41.9. The molecular formula is C68H132O17P2. The lowest BCUT2D eigenvalue weighted by Crippen LogP contribution is -2.30. The van der Waals surface area contributed by atoms with Crippen LogP contribution in [0.4, 0.5) is 0 Å². The average Bonchev–Trinajstić information content (AvgIpc) is 3.61. The van der Waals surface area contributed by atoms with Crippen LogP contribution in [0.5, 0.6) is 0 Å². The Labute approximate surface area is 530 Å². The summed E-state index contributed by atoms with van der Waals surface area (Å²) in [6.45, 7) is 9.37. The molecule has 0 aliphatic carbocycles. The summed E-state index contributed by atoms with van der Waals surface area (Å²) in [5.74, 6) is -0.740. The predicted molar refractivity (Wildman–Crippen MR) is 349 cm³/mol. The first-order valence-corrected chi connectivity index (χ1v) is 38.5. The van der Waals surface area contributed by atoms with Crippen LogP contribution in [0.15, 0.2) is 0 Å². The normalized spacial score (nSPS) is 14.2. The van der Waals surface area contributed by atoms with Crippen LogP contribution in [0, 0.1) is 11.8 Å². The minimum Gasteiger partial charge on any atom is -0.462 e. The van der Waals surface area contributed by atoms with Gasteiger partial charge >= 0.3 is 39.5 Å². The zero-order chi connectivity index (χ0) is 64.3. The highest BCUT2D eigenvalue weighted by Gasteiger charge is 2.30. The molecule has 17 nitrogen and oxygen atoms in total. The summed E-state index contributed by atoms with van der Waals surface area (Å²) in [5.41, 5.74) is 0. The van der Waals surface area contributed by atoms with E-state index >= 15 is 0 Å². The van der Waals surface area contributed by atoms with Gasteiger partial charge in [-0.15, -0.1) is 0 Å². The molecule has 0 aromatic heterocycles. The Balaban J connectivity index is 5.16. The number of carbonyl (C=O) groups excluding carboxylic acids is 4. The summed E-state index contributed by atoms with van der Waals surface area (Å²) < 4.78 is 68.0. The maximum Gasteiger partial charge on any atom is 0.472 e. The van der Waals surface area contributed by atoms with Crippen LogP contribution in [0.25, 0.3) is 0 Å². The summed E-state index contributed by atoms with van der Waals surface area (Å²) in [7, 11) is -9.89. The molecule has 87 heavy (non-hydrogen) atoms. The van der Waals surface area contributed by atoms with E-state index in [-0.39, 0.29) is 25.7 Å². The second-order valence-corrected chi connectivity index (χ2v) is 28.4. The molecule has 0 saturated carbocycles. The van der Waals surface area contributed by atoms with Gasteiger partial charge < -0.3 is 33.8 Å². The van der Waals surface area contributed by atoms with E-state index < -0.39 is 97.5 Å². The van der Waals surface area contributed by atoms with Crippen LogP contribution in [0.1, 0.15) is 343 Å². The van der Waals surface area contributed by atoms with Crippen molar-refractivity contribution in [1.82, 2.24) is 0 Å². The van der Waals surface area contributed by atoms with Crippen LogP contribution < -0.4 is 0 Å². The summed E-state index contributed by atoms with van der Waals surface area (Å²) >= 11 is 0. The number of esters is 4. The SMILES string of the molecule is CCCCCCCCCCCCCCCCCCCCCC(=O)O[C@H](COC(=O)CCCCCCCCCCC(C)C)COP(=O)(O)OC[C@@H](O)COP(=O)(O)OC[C@@H](COC(=O)CCCCCCCCCC)OC(=O)CCCCCCCCC(C)C. The van der Waals surface area contributed by atoms with Crippen molar-refractivity contribution in [3.8, 4) is 0 Å². The summed E-state index contributed by atoms with van der Waals surface area (Å²) in [4.78, 5) is 72.3. The van der Waals surface area contributed by atoms with Gasteiger partial charge in [0.1, 0.15) is 19.3 Å². The average molecular weight is 1280 g/mol. The van der Waals surface area contributed by atoms with Crippen molar-refractivity contribution >= 4 is 39.5 Å². The maximum absolute atomic E-state index is 13.0. The Hall–Kier alpha value is -1.94. The fraction of sp³-hybridized carbons (Fsp3) is 0.941. The number of rotatable bonds is 67. The minimum absolute atomic E-state index is 0.102. The molecule has 19 heteroatoms. The van der Waals surface area contributed by atoms with Crippen molar-refractivity contribution in [2.45, 2.75) is 362 Å². The van der Waals surface area contributed by atoms with Gasteiger partial charge in [-0.25, -0.2) is 9.13 Å². The lowest BCUT2D eigenvalue weighted by atomic mass is 10.0. The number of unbranched alkanes of at least 4 members (excludes halogenated alkanes) is 37. The topological polar surface area (TPSA) is 237 Å². The highest BCUT2D eigenvalue weighted by molar-refractivity contribution is 7.47. The number of hydrogen-bond donors (Lipinski definition) is 3. The third-order valence-electron chi connectivity index (χ3n) is 15.7. The molecule has 0 radical (unpaired) electrons. The van der Waals surface area contributed by atoms with Crippen molar-refractivity contribution < 1.29 is 80.2 Å². The predicted octanol–water partition coefficient (Wildman–Crippen LogP) is 19.2. The van der Waals surface area contributed by atoms with Gasteiger partial charge in [0.25, 0.3) is 0 Å². The van der Waals surface area contributed by atoms with Crippen molar-refractivity contribution in [2.24, 2.45) is 11.8 Å². The second-order valence-electron chi connectivity index (χ2n) is 25.5. The Morgan fingerprint density at radius 1 is 0.310 bits per heavy atom. The zero-order valence-corrected chi connectivity index (χ0v) is 58.1. The number of ether oxygens (including phenoxy) is 4. The molecule has 0 aliphatic rings. The smallest absolute Gasteiger partial charge is 0.462 e. The van der Waals surface area contributed by atoms with Crippen molar-refractivity contribution in [3.05, 3.63) is 0 Å². The number of carbonyl (C=O) groups is 4. The lowest BCUT2D eigenvalue weighted by molar-refractivity contribution is -0.161. The van der Waals surface area contributed by atoms with Gasteiger partial charge in [-0.2, -0.15) is 0 Å². The second kappa shape index (κ2) is 60.3. The standard InChI is InChI=1S/C68H132O17P2/c1-7-9-11-13-15-17-18-19-20-21-22-23-24-25-26-27-33-40-46-52-67(72)84-63(56-79-66(71)51-45-39-32-29-28-30-36-42-48-60(3)4)58-82-86(74,75)80-54-62(69)55-81-87(76,77)83-59-64(57-78-65(70)50-44-38-31-16-14-12-10-8-2)85-68(73)53-47-41-35-34-37-43-49-61(5)6/h60-64,69H,7-59H2,1-6H3,(H,74,75)(H,76,77)/t62-,63-,64-/m1/s1. The van der Waals surface area contributed by atoms with E-state index in [0.29, 0.717) is 31.6 Å². The van der Waals surface area contributed by atoms with Gasteiger partial charge in [0.2, 0.25) is 0 Å². The van der Waals surface area contributed by atoms with E-state index in [2.05, 4.69) is 41.5 Å². The fourth-order valence-corrected chi connectivity index (χ4v) is 11.8. The molecule has 0 amide bonds. The van der Waals surface area contributed by atoms with Gasteiger partial charge in [-0.3, -0.25) is 37.3 Å². The molecular weight excluding hydrogens is 1150 g/mol. The largest absolute Gasteiger partial charge is 0.472 e. The molecule has 0 rings (SSSR count). The maximum atomic E-state index is 13.0. The van der Waals surface area contributed by atoms with E-state index in [1.54, 1.807) is 0 Å². The molecule has 5 atom stereocenters. The number of aliphatic hydroxyl groups is 1. The molecule has 3 N–H and O–H groups in total. The first-order valence-electron chi connectivity index (χ1n) is 35.5. The third-order valence-corrected chi connectivity index (χ3v) is 17.6. The third kappa shape index (κ3) is 62.6. The van der Waals surface area contributed by atoms with E-state index in [0.717, 1.165) is 102 Å². The zero-order valence-electron chi connectivity index (χ0n) is 56.3. The van der Waals surface area contributed by atoms with Crippen molar-refractivity contribution in [3.63, 3.8) is 0 Å². The number of phosphoric acid groups is 2. The quantitative estimate of drug-likeness (QED) is 0.0222. The van der Waals surface area contributed by atoms with Gasteiger partial charge in [0.15, 0.2) is 12.2 Å². The molecule has 0 aromatic rings. The Bertz CT molecular complexity index is 1700. The Kier molecular flexibility index (Phi) is 59.0. The van der Waals surface area contributed by atoms with Crippen LogP contribution in [0.3, 0.4) is 0 Å². The lowest BCUT2D eigenvalue weighted by Gasteiger charge is -2.21. The summed E-state index contributed by atoms with van der Waals surface area (Å²) in [6, 6.07) is 0. The summed E-state index contributed by atoms with van der Waals surface area (Å²) in [5, 5.41) is 10.5. The van der Waals surface area contributed by atoms with Gasteiger partial charge in [0, 0.05) is 25.7 Å². The van der Waals surface area contributed by atoms with E-state index in [9.17, 15) is 43.2 Å². The fourth-order valence-electron chi connectivity index (χ4n) is 10.2. The molecule has 516 valence electrons. The molecule has 0 heterocycles. The van der Waals surface area contributed by atoms with Gasteiger partial charge in [-0.05, 0) is 37.5 Å². The highest BCUT2D eigenvalue weighted by atomic mass is 31.2.